The van der Waals surface area contributed by atoms with Crippen LogP contribution in [0.2, 0.25) is 0 Å². The zero-order valence-electron chi connectivity index (χ0n) is 13.5. The molecule has 0 aliphatic carbocycles. The summed E-state index contributed by atoms with van der Waals surface area (Å²) in [6, 6.07) is 7.27. The van der Waals surface area contributed by atoms with Crippen molar-refractivity contribution in [2.75, 3.05) is 20.2 Å². The number of halogens is 3. The molecule has 0 aliphatic rings. The highest BCUT2D eigenvalue weighted by Gasteiger charge is 2.27. The van der Waals surface area contributed by atoms with Gasteiger partial charge >= 0.3 is 6.18 Å². The molecule has 23 heavy (non-hydrogen) atoms. The van der Waals surface area contributed by atoms with Crippen molar-refractivity contribution in [3.63, 3.8) is 0 Å². The zero-order valence-corrected chi connectivity index (χ0v) is 13.5. The Morgan fingerprint density at radius 2 is 1.96 bits per heavy atom. The van der Waals surface area contributed by atoms with E-state index in [4.69, 9.17) is 0 Å². The Kier molecular flexibility index (Phi) is 8.47. The third kappa shape index (κ3) is 9.07. The first-order valence-electron chi connectivity index (χ1n) is 7.61. The number of unbranched alkanes of at least 4 members (excludes halogenated alkanes) is 1. The van der Waals surface area contributed by atoms with Crippen molar-refractivity contribution in [3.05, 3.63) is 35.4 Å². The van der Waals surface area contributed by atoms with Crippen LogP contribution in [0.5, 0.6) is 0 Å². The van der Waals surface area contributed by atoms with Crippen LogP contribution >= 0.6 is 0 Å². The molecule has 0 fully saturated rings. The topological polar surface area (TPSA) is 45.7 Å². The number of guanidine groups is 1. The monoisotopic (exact) mass is 331 g/mol. The second kappa shape index (κ2) is 10.1. The molecule has 130 valence electrons. The highest BCUT2D eigenvalue weighted by atomic mass is 19.4. The van der Waals surface area contributed by atoms with Crippen molar-refractivity contribution in [2.24, 2.45) is 4.99 Å². The predicted octanol–water partition coefficient (Wildman–Crippen LogP) is 3.23. The van der Waals surface area contributed by atoms with E-state index < -0.39 is 12.8 Å². The first kappa shape index (κ1) is 19.3. The summed E-state index contributed by atoms with van der Waals surface area (Å²) in [5.74, 6) is 0.706. The number of hydrogen-bond donors (Lipinski definition) is 2. The number of nitrogens with zero attached hydrogens (tertiary/aromatic N) is 1. The standard InChI is InChI=1S/C16H24F3N3O/c1-3-4-8-21-15(20-2)22-10-13-6-5-7-14(9-13)11-23-12-16(17,18)19/h5-7,9H,3-4,8,10-12H2,1-2H3,(H2,20,21,22). The van der Waals surface area contributed by atoms with E-state index in [2.05, 4.69) is 27.3 Å². The second-order valence-corrected chi connectivity index (χ2v) is 5.13. The maximum Gasteiger partial charge on any atom is 0.411 e. The van der Waals surface area contributed by atoms with Crippen LogP contribution < -0.4 is 10.6 Å². The van der Waals surface area contributed by atoms with Crippen LogP contribution in [-0.2, 0) is 17.9 Å². The molecule has 0 saturated carbocycles. The summed E-state index contributed by atoms with van der Waals surface area (Å²) in [6.07, 6.45) is -2.13. The summed E-state index contributed by atoms with van der Waals surface area (Å²) >= 11 is 0. The van der Waals surface area contributed by atoms with Gasteiger partial charge in [0.05, 0.1) is 6.61 Å². The largest absolute Gasteiger partial charge is 0.411 e. The number of rotatable bonds is 8. The van der Waals surface area contributed by atoms with Crippen molar-refractivity contribution >= 4 is 5.96 Å². The summed E-state index contributed by atoms with van der Waals surface area (Å²) < 4.78 is 40.8. The molecule has 1 rings (SSSR count). The van der Waals surface area contributed by atoms with E-state index in [1.807, 2.05) is 12.1 Å². The van der Waals surface area contributed by atoms with Gasteiger partial charge in [-0.05, 0) is 17.5 Å². The normalized spacial score (nSPS) is 12.3. The van der Waals surface area contributed by atoms with Gasteiger partial charge in [-0.3, -0.25) is 4.99 Å². The molecule has 1 aromatic carbocycles. The Morgan fingerprint density at radius 3 is 2.61 bits per heavy atom. The molecular weight excluding hydrogens is 307 g/mol. The molecule has 0 unspecified atom stereocenters. The van der Waals surface area contributed by atoms with E-state index in [-0.39, 0.29) is 6.61 Å². The minimum absolute atomic E-state index is 0.0587. The van der Waals surface area contributed by atoms with Crippen LogP contribution in [0.15, 0.2) is 29.3 Å². The van der Waals surface area contributed by atoms with Gasteiger partial charge in [-0.1, -0.05) is 37.6 Å². The second-order valence-electron chi connectivity index (χ2n) is 5.13. The average Bonchev–Trinajstić information content (AvgIpc) is 2.50. The van der Waals surface area contributed by atoms with Crippen LogP contribution in [-0.4, -0.2) is 32.3 Å². The highest BCUT2D eigenvalue weighted by molar-refractivity contribution is 5.79. The molecule has 2 N–H and O–H groups in total. The van der Waals surface area contributed by atoms with Gasteiger partial charge in [-0.25, -0.2) is 0 Å². The van der Waals surface area contributed by atoms with Crippen LogP contribution in [0.1, 0.15) is 30.9 Å². The quantitative estimate of drug-likeness (QED) is 0.437. The molecule has 1 aromatic rings. The molecule has 0 bridgehead atoms. The van der Waals surface area contributed by atoms with E-state index in [1.165, 1.54) is 0 Å². The lowest BCUT2D eigenvalue weighted by Crippen LogP contribution is -2.37. The van der Waals surface area contributed by atoms with E-state index in [1.54, 1.807) is 19.2 Å². The lowest BCUT2D eigenvalue weighted by molar-refractivity contribution is -0.176. The summed E-state index contributed by atoms with van der Waals surface area (Å²) in [7, 11) is 1.70. The van der Waals surface area contributed by atoms with Crippen molar-refractivity contribution in [1.82, 2.24) is 10.6 Å². The third-order valence-corrected chi connectivity index (χ3v) is 3.03. The van der Waals surface area contributed by atoms with Crippen molar-refractivity contribution in [1.29, 1.82) is 0 Å². The summed E-state index contributed by atoms with van der Waals surface area (Å²) in [5.41, 5.74) is 1.67. The minimum Gasteiger partial charge on any atom is -0.367 e. The first-order valence-corrected chi connectivity index (χ1v) is 7.61. The van der Waals surface area contributed by atoms with Crippen molar-refractivity contribution in [2.45, 2.75) is 39.1 Å². The third-order valence-electron chi connectivity index (χ3n) is 3.03. The molecule has 0 atom stereocenters. The number of nitrogens with one attached hydrogen (secondary N) is 2. The van der Waals surface area contributed by atoms with Crippen molar-refractivity contribution < 1.29 is 17.9 Å². The molecule has 0 aromatic heterocycles. The zero-order chi connectivity index (χ0) is 17.1. The summed E-state index contributed by atoms with van der Waals surface area (Å²) in [4.78, 5) is 4.12. The summed E-state index contributed by atoms with van der Waals surface area (Å²) in [6.45, 7) is 2.21. The van der Waals surface area contributed by atoms with E-state index >= 15 is 0 Å². The number of ether oxygens (including phenoxy) is 1. The van der Waals surface area contributed by atoms with Gasteiger partial charge in [-0.15, -0.1) is 0 Å². The van der Waals surface area contributed by atoms with E-state index in [0.29, 0.717) is 18.1 Å². The SMILES string of the molecule is CCCCNC(=NC)NCc1cccc(COCC(F)(F)F)c1. The number of hydrogen-bond acceptors (Lipinski definition) is 2. The van der Waals surface area contributed by atoms with E-state index in [0.717, 1.165) is 24.9 Å². The lowest BCUT2D eigenvalue weighted by atomic mass is 10.1. The molecule has 0 amide bonds. The molecule has 7 heteroatoms. The maximum absolute atomic E-state index is 12.1. The number of alkyl halides is 3. The van der Waals surface area contributed by atoms with Gasteiger partial charge in [0.2, 0.25) is 0 Å². The van der Waals surface area contributed by atoms with Crippen LogP contribution in [0.3, 0.4) is 0 Å². The van der Waals surface area contributed by atoms with Crippen molar-refractivity contribution in [3.8, 4) is 0 Å². The molecule has 0 saturated heterocycles. The van der Waals surface area contributed by atoms with Gasteiger partial charge in [0, 0.05) is 20.1 Å². The van der Waals surface area contributed by atoms with Gasteiger partial charge in [0.1, 0.15) is 6.61 Å². The van der Waals surface area contributed by atoms with Gasteiger partial charge in [-0.2, -0.15) is 13.2 Å². The van der Waals surface area contributed by atoms with Gasteiger partial charge < -0.3 is 15.4 Å². The van der Waals surface area contributed by atoms with Gasteiger partial charge in [0.25, 0.3) is 0 Å². The molecule has 0 spiro atoms. The first-order chi connectivity index (χ1) is 10.9. The molecule has 0 aliphatic heterocycles. The Bertz CT molecular complexity index is 490. The predicted molar refractivity (Wildman–Crippen MR) is 85.3 cm³/mol. The van der Waals surface area contributed by atoms with Crippen LogP contribution in [0.25, 0.3) is 0 Å². The number of benzene rings is 1. The van der Waals surface area contributed by atoms with Gasteiger partial charge in [0.15, 0.2) is 5.96 Å². The smallest absolute Gasteiger partial charge is 0.367 e. The molecule has 0 radical (unpaired) electrons. The lowest BCUT2D eigenvalue weighted by Gasteiger charge is -2.12. The summed E-state index contributed by atoms with van der Waals surface area (Å²) in [5, 5.41) is 6.37. The van der Waals surface area contributed by atoms with Crippen LogP contribution in [0.4, 0.5) is 13.2 Å². The molecular formula is C16H24F3N3O. The Morgan fingerprint density at radius 1 is 1.22 bits per heavy atom. The fourth-order valence-corrected chi connectivity index (χ4v) is 1.90. The molecule has 0 heterocycles. The van der Waals surface area contributed by atoms with Crippen LogP contribution in [0, 0.1) is 0 Å². The molecule has 4 nitrogen and oxygen atoms in total. The maximum atomic E-state index is 12.1. The average molecular weight is 331 g/mol. The number of aliphatic imine (C=N–C) groups is 1. The fraction of sp³-hybridized carbons (Fsp3) is 0.562. The van der Waals surface area contributed by atoms with E-state index in [9.17, 15) is 13.2 Å². The Balaban J connectivity index is 2.43. The Labute approximate surface area is 135 Å². The Hall–Kier alpha value is -1.76. The fourth-order valence-electron chi connectivity index (χ4n) is 1.90. The highest BCUT2D eigenvalue weighted by Crippen LogP contribution is 2.16. The minimum atomic E-state index is -4.30.